The summed E-state index contributed by atoms with van der Waals surface area (Å²) in [6.45, 7) is 0. The Balaban J connectivity index is 3.07. The Morgan fingerprint density at radius 3 is 2.15 bits per heavy atom. The van der Waals surface area contributed by atoms with Gasteiger partial charge in [0.25, 0.3) is 0 Å². The largest absolute Gasteiger partial charge is 0.433 e. The molecule has 0 aliphatic carbocycles. The van der Waals surface area contributed by atoms with Crippen molar-refractivity contribution in [1.82, 2.24) is 0 Å². The molecule has 0 saturated heterocycles. The van der Waals surface area contributed by atoms with E-state index in [0.717, 1.165) is 12.1 Å². The number of carbonyl (C=O) groups excluding carboxylic acids is 1. The zero-order chi connectivity index (χ0) is 9.90. The van der Waals surface area contributed by atoms with Crippen LogP contribution in [0.3, 0.4) is 0 Å². The Morgan fingerprint density at radius 1 is 1.23 bits per heavy atom. The fraction of sp³-hybridized carbons (Fsp3) is 0. The summed E-state index contributed by atoms with van der Waals surface area (Å²) in [4.78, 5) is 13.0. The van der Waals surface area contributed by atoms with Crippen LogP contribution in [0.5, 0.6) is 0 Å². The molecule has 0 fully saturated rings. The molecule has 0 bridgehead atoms. The normalized spacial score (nSPS) is 10.6. The zero-order valence-electron chi connectivity index (χ0n) is 6.28. The van der Waals surface area contributed by atoms with Crippen molar-refractivity contribution in [1.29, 1.82) is 0 Å². The maximum atomic E-state index is 12.2. The van der Waals surface area contributed by atoms with E-state index in [-0.39, 0.29) is 5.69 Å². The smallest absolute Gasteiger partial charge is 0.244 e. The summed E-state index contributed by atoms with van der Waals surface area (Å²) < 4.78 is 34.7. The fourth-order valence-corrected chi connectivity index (χ4v) is 1.25. The summed E-state index contributed by atoms with van der Waals surface area (Å²) in [6.07, 6.45) is 1.26. The highest BCUT2D eigenvalue weighted by Crippen LogP contribution is 2.47. The van der Waals surface area contributed by atoms with Crippen molar-refractivity contribution in [2.45, 2.75) is 0 Å². The van der Waals surface area contributed by atoms with E-state index in [4.69, 9.17) is 0 Å². The van der Waals surface area contributed by atoms with Crippen molar-refractivity contribution in [3.05, 3.63) is 24.3 Å². The first-order chi connectivity index (χ1) is 6.04. The average Bonchev–Trinajstić information content (AvgIpc) is 2.04. The van der Waals surface area contributed by atoms with E-state index >= 15 is 0 Å². The Hall–Kier alpha value is -1.31. The molecule has 68 valence electrons. The summed E-state index contributed by atoms with van der Waals surface area (Å²) in [5.41, 5.74) is 0.201. The second-order valence-corrected chi connectivity index (χ2v) is 3.62. The third kappa shape index (κ3) is 2.58. The molecule has 0 amide bonds. The van der Waals surface area contributed by atoms with Crippen molar-refractivity contribution in [2.24, 2.45) is 4.99 Å². The maximum Gasteiger partial charge on any atom is 0.433 e. The number of nitrogens with zero attached hydrogens (tertiary/aromatic N) is 1. The second kappa shape index (κ2) is 3.60. The molecule has 0 aromatic heterocycles. The number of hydrogen-bond donors (Lipinski definition) is 0. The van der Waals surface area contributed by atoms with Crippen molar-refractivity contribution in [3.63, 3.8) is 0 Å². The standard InChI is InChI=1S/C7H4F2NO2P/c8-13(9,12)7-3-1-6(2-4-7)10-5-11/h1-4H. The third-order valence-corrected chi connectivity index (χ3v) is 2.22. The summed E-state index contributed by atoms with van der Waals surface area (Å²) in [7, 11) is -5.20. The minimum atomic E-state index is -5.20. The topological polar surface area (TPSA) is 46.5 Å². The lowest BCUT2D eigenvalue weighted by atomic mass is 10.3. The summed E-state index contributed by atoms with van der Waals surface area (Å²) in [5, 5.41) is -0.544. The van der Waals surface area contributed by atoms with E-state index in [1.807, 2.05) is 0 Å². The first-order valence-corrected chi connectivity index (χ1v) is 4.71. The molecule has 3 nitrogen and oxygen atoms in total. The first kappa shape index (κ1) is 9.78. The summed E-state index contributed by atoms with van der Waals surface area (Å²) in [6, 6.07) is 4.28. The van der Waals surface area contributed by atoms with Gasteiger partial charge in [0.15, 0.2) is 0 Å². The van der Waals surface area contributed by atoms with Gasteiger partial charge in [-0.15, -0.1) is 8.39 Å². The van der Waals surface area contributed by atoms with Gasteiger partial charge < -0.3 is 0 Å². The predicted octanol–water partition coefficient (Wildman–Crippen LogP) is 2.41. The molecule has 0 aliphatic rings. The molecule has 0 saturated carbocycles. The Morgan fingerprint density at radius 2 is 1.77 bits per heavy atom. The SMILES string of the molecule is O=C=Nc1ccc(P(=O)(F)F)cc1. The number of benzene rings is 1. The zero-order valence-corrected chi connectivity index (χ0v) is 7.17. The van der Waals surface area contributed by atoms with Gasteiger partial charge in [0.2, 0.25) is 6.08 Å². The lowest BCUT2D eigenvalue weighted by Gasteiger charge is -1.97. The van der Waals surface area contributed by atoms with Gasteiger partial charge >= 0.3 is 7.76 Å². The first-order valence-electron chi connectivity index (χ1n) is 3.22. The van der Waals surface area contributed by atoms with Crippen LogP contribution in [0, 0.1) is 0 Å². The molecule has 6 heteroatoms. The Labute approximate surface area is 72.7 Å². The van der Waals surface area contributed by atoms with Gasteiger partial charge in [-0.3, -0.25) is 0 Å². The van der Waals surface area contributed by atoms with E-state index in [2.05, 4.69) is 4.99 Å². The highest BCUT2D eigenvalue weighted by atomic mass is 31.2. The molecular formula is C7H4F2NO2P. The van der Waals surface area contributed by atoms with Gasteiger partial charge in [0.1, 0.15) is 0 Å². The van der Waals surface area contributed by atoms with Gasteiger partial charge in [-0.05, 0) is 24.3 Å². The second-order valence-electron chi connectivity index (χ2n) is 2.18. The van der Waals surface area contributed by atoms with Crippen molar-refractivity contribution < 1.29 is 17.8 Å². The molecule has 0 atom stereocenters. The molecule has 0 spiro atoms. The number of hydrogen-bond acceptors (Lipinski definition) is 3. The average molecular weight is 203 g/mol. The molecule has 0 unspecified atom stereocenters. The molecule has 0 aliphatic heterocycles. The lowest BCUT2D eigenvalue weighted by Crippen LogP contribution is -1.95. The monoisotopic (exact) mass is 203 g/mol. The van der Waals surface area contributed by atoms with E-state index < -0.39 is 13.1 Å². The van der Waals surface area contributed by atoms with Gasteiger partial charge in [0.05, 0.1) is 11.0 Å². The molecule has 0 heterocycles. The Kier molecular flexibility index (Phi) is 2.71. The predicted molar refractivity (Wildman–Crippen MR) is 43.7 cm³/mol. The van der Waals surface area contributed by atoms with Gasteiger partial charge in [-0.2, -0.15) is 4.99 Å². The van der Waals surface area contributed by atoms with E-state index in [9.17, 15) is 17.8 Å². The van der Waals surface area contributed by atoms with Crippen LogP contribution >= 0.6 is 7.76 Å². The fourth-order valence-electron chi connectivity index (χ4n) is 0.753. The minimum Gasteiger partial charge on any atom is -0.244 e. The molecule has 0 radical (unpaired) electrons. The van der Waals surface area contributed by atoms with Crippen LogP contribution in [0.25, 0.3) is 0 Å². The third-order valence-electron chi connectivity index (χ3n) is 1.33. The van der Waals surface area contributed by atoms with Gasteiger partial charge in [-0.25, -0.2) is 9.36 Å². The highest BCUT2D eigenvalue weighted by Gasteiger charge is 2.21. The molecule has 0 N–H and O–H groups in total. The molecular weight excluding hydrogens is 199 g/mol. The quantitative estimate of drug-likeness (QED) is 0.421. The van der Waals surface area contributed by atoms with Crippen LogP contribution in [-0.4, -0.2) is 6.08 Å². The van der Waals surface area contributed by atoms with E-state index in [0.29, 0.717) is 0 Å². The van der Waals surface area contributed by atoms with Crippen molar-refractivity contribution in [2.75, 3.05) is 0 Å². The van der Waals surface area contributed by atoms with Crippen LogP contribution in [0.2, 0.25) is 0 Å². The van der Waals surface area contributed by atoms with Crippen LogP contribution in [0.15, 0.2) is 29.3 Å². The number of isocyanates is 1. The minimum absolute atomic E-state index is 0.201. The molecule has 1 rings (SSSR count). The Bertz CT molecular complexity index is 391. The molecule has 13 heavy (non-hydrogen) atoms. The van der Waals surface area contributed by atoms with E-state index in [1.165, 1.54) is 18.2 Å². The van der Waals surface area contributed by atoms with Crippen molar-refractivity contribution in [3.8, 4) is 0 Å². The maximum absolute atomic E-state index is 12.2. The van der Waals surface area contributed by atoms with Crippen LogP contribution in [0.4, 0.5) is 14.1 Å². The van der Waals surface area contributed by atoms with Crippen LogP contribution in [-0.2, 0) is 9.36 Å². The number of halogens is 2. The summed E-state index contributed by atoms with van der Waals surface area (Å²) in [5.74, 6) is 0. The van der Waals surface area contributed by atoms with Crippen molar-refractivity contribution >= 4 is 24.8 Å². The lowest BCUT2D eigenvalue weighted by molar-refractivity contribution is 0.507. The molecule has 1 aromatic carbocycles. The van der Waals surface area contributed by atoms with Gasteiger partial charge in [0, 0.05) is 0 Å². The van der Waals surface area contributed by atoms with Crippen LogP contribution < -0.4 is 5.30 Å². The van der Waals surface area contributed by atoms with E-state index in [1.54, 1.807) is 0 Å². The highest BCUT2D eigenvalue weighted by molar-refractivity contribution is 7.61. The number of aliphatic imine (C=N–C) groups is 1. The van der Waals surface area contributed by atoms with Gasteiger partial charge in [-0.1, -0.05) is 0 Å². The molecule has 1 aromatic rings. The summed E-state index contributed by atoms with van der Waals surface area (Å²) >= 11 is 0. The van der Waals surface area contributed by atoms with Crippen LogP contribution in [0.1, 0.15) is 0 Å². The number of rotatable bonds is 2.